The van der Waals surface area contributed by atoms with Gasteiger partial charge in [-0.25, -0.2) is 17.6 Å². The summed E-state index contributed by atoms with van der Waals surface area (Å²) in [5.41, 5.74) is 0.642. The predicted octanol–water partition coefficient (Wildman–Crippen LogP) is 2.88. The Kier molecular flexibility index (Phi) is 5.95. The topological polar surface area (TPSA) is 80.8 Å². The number of esters is 1. The summed E-state index contributed by atoms with van der Waals surface area (Å²) in [7, 11) is -3.93. The van der Waals surface area contributed by atoms with E-state index < -0.39 is 39.7 Å². The third kappa shape index (κ3) is 4.28. The summed E-state index contributed by atoms with van der Waals surface area (Å²) in [5.74, 6) is -1.79. The maximum absolute atomic E-state index is 13.4. The van der Waals surface area contributed by atoms with E-state index in [2.05, 4.69) is 0 Å². The minimum absolute atomic E-state index is 0.0551. The Morgan fingerprint density at radius 2 is 1.69 bits per heavy atom. The first-order valence-corrected chi connectivity index (χ1v) is 10.8. The number of carbonyl (C=O) groups is 2. The van der Waals surface area contributed by atoms with E-state index in [4.69, 9.17) is 4.74 Å². The van der Waals surface area contributed by atoms with E-state index in [0.717, 1.165) is 10.6 Å². The molecule has 2 atom stereocenters. The summed E-state index contributed by atoms with van der Waals surface area (Å²) in [6.45, 7) is 1.69. The Bertz CT molecular complexity index is 1050. The average Bonchev–Trinajstić information content (AvgIpc) is 3.10. The molecule has 0 saturated heterocycles. The van der Waals surface area contributed by atoms with E-state index in [1.807, 2.05) is 0 Å². The third-order valence-corrected chi connectivity index (χ3v) is 5.78. The van der Waals surface area contributed by atoms with Crippen LogP contribution in [-0.4, -0.2) is 43.4 Å². The number of halogens is 1. The standard InChI is InChI=1S/C21H20FNO5S/c1-3-28-21(25)17-13-18(14-9-11-16(22)12-10-14)23(29(2,26)27)19(17)20(24)15-7-5-4-6-8-15/h4-13,18-19H,3H2,1-2H3/t18-,19+/m1/s1. The fourth-order valence-electron chi connectivity index (χ4n) is 3.34. The van der Waals surface area contributed by atoms with Gasteiger partial charge in [-0.1, -0.05) is 42.5 Å². The van der Waals surface area contributed by atoms with Crippen molar-refractivity contribution < 1.29 is 27.1 Å². The van der Waals surface area contributed by atoms with E-state index in [-0.39, 0.29) is 17.7 Å². The summed E-state index contributed by atoms with van der Waals surface area (Å²) in [4.78, 5) is 25.8. The zero-order chi connectivity index (χ0) is 21.2. The molecule has 29 heavy (non-hydrogen) atoms. The predicted molar refractivity (Wildman–Crippen MR) is 105 cm³/mol. The number of Topliss-reactive ketones (excluding diaryl/α,β-unsaturated/α-hetero) is 1. The minimum atomic E-state index is -3.93. The molecule has 3 rings (SSSR count). The van der Waals surface area contributed by atoms with Crippen LogP contribution in [0, 0.1) is 5.82 Å². The van der Waals surface area contributed by atoms with Crippen LogP contribution in [0.1, 0.15) is 28.9 Å². The molecule has 0 radical (unpaired) electrons. The van der Waals surface area contributed by atoms with E-state index in [9.17, 15) is 22.4 Å². The summed E-state index contributed by atoms with van der Waals surface area (Å²) in [5, 5.41) is 0. The average molecular weight is 417 g/mol. The molecule has 0 N–H and O–H groups in total. The number of benzene rings is 2. The molecule has 0 unspecified atom stereocenters. The summed E-state index contributed by atoms with van der Waals surface area (Å²) in [6.07, 6.45) is 2.37. The summed E-state index contributed by atoms with van der Waals surface area (Å²) in [6, 6.07) is 11.1. The fraction of sp³-hybridized carbons (Fsp3) is 0.238. The molecule has 0 bridgehead atoms. The van der Waals surface area contributed by atoms with Gasteiger partial charge in [0.05, 0.1) is 24.5 Å². The molecular formula is C21H20FNO5S. The highest BCUT2D eigenvalue weighted by Crippen LogP contribution is 2.39. The van der Waals surface area contributed by atoms with Gasteiger partial charge in [0.2, 0.25) is 10.0 Å². The second-order valence-electron chi connectivity index (χ2n) is 6.56. The lowest BCUT2D eigenvalue weighted by Crippen LogP contribution is -2.44. The van der Waals surface area contributed by atoms with Gasteiger partial charge < -0.3 is 4.74 Å². The number of sulfonamides is 1. The smallest absolute Gasteiger partial charge is 0.335 e. The van der Waals surface area contributed by atoms with Crippen molar-refractivity contribution in [2.24, 2.45) is 0 Å². The Morgan fingerprint density at radius 1 is 1.07 bits per heavy atom. The normalized spacial score (nSPS) is 19.6. The lowest BCUT2D eigenvalue weighted by atomic mass is 9.99. The van der Waals surface area contributed by atoms with Crippen LogP contribution in [0.2, 0.25) is 0 Å². The highest BCUT2D eigenvalue weighted by Gasteiger charge is 2.47. The molecule has 1 heterocycles. The van der Waals surface area contributed by atoms with Gasteiger partial charge in [0.25, 0.3) is 0 Å². The van der Waals surface area contributed by atoms with E-state index in [0.29, 0.717) is 5.56 Å². The van der Waals surface area contributed by atoms with Crippen molar-refractivity contribution in [2.75, 3.05) is 12.9 Å². The van der Waals surface area contributed by atoms with Gasteiger partial charge >= 0.3 is 5.97 Å². The molecule has 8 heteroatoms. The Balaban J connectivity index is 2.16. The monoisotopic (exact) mass is 417 g/mol. The molecule has 0 saturated carbocycles. The molecule has 152 valence electrons. The van der Waals surface area contributed by atoms with Crippen molar-refractivity contribution in [3.05, 3.63) is 83.2 Å². The van der Waals surface area contributed by atoms with Crippen LogP contribution in [-0.2, 0) is 19.6 Å². The van der Waals surface area contributed by atoms with Gasteiger partial charge in [0.15, 0.2) is 5.78 Å². The molecule has 6 nitrogen and oxygen atoms in total. The second-order valence-corrected chi connectivity index (χ2v) is 8.45. The molecule has 0 fully saturated rings. The molecule has 0 spiro atoms. The zero-order valence-electron chi connectivity index (χ0n) is 15.9. The van der Waals surface area contributed by atoms with Crippen LogP contribution in [0.3, 0.4) is 0 Å². The first-order valence-electron chi connectivity index (χ1n) is 8.96. The van der Waals surface area contributed by atoms with Crippen molar-refractivity contribution in [3.8, 4) is 0 Å². The van der Waals surface area contributed by atoms with Crippen molar-refractivity contribution in [1.29, 1.82) is 0 Å². The van der Waals surface area contributed by atoms with Crippen molar-refractivity contribution in [1.82, 2.24) is 4.31 Å². The molecule has 0 aromatic heterocycles. The van der Waals surface area contributed by atoms with Gasteiger partial charge in [-0.15, -0.1) is 0 Å². The number of nitrogens with zero attached hydrogens (tertiary/aromatic N) is 1. The molecular weight excluding hydrogens is 397 g/mol. The van der Waals surface area contributed by atoms with Crippen LogP contribution in [0.5, 0.6) is 0 Å². The first-order chi connectivity index (χ1) is 13.7. The van der Waals surface area contributed by atoms with Crippen molar-refractivity contribution in [2.45, 2.75) is 19.0 Å². The van der Waals surface area contributed by atoms with Crippen LogP contribution in [0.4, 0.5) is 4.39 Å². The second kappa shape index (κ2) is 8.26. The van der Waals surface area contributed by atoms with Crippen LogP contribution >= 0.6 is 0 Å². The SMILES string of the molecule is CCOC(=O)C1=C[C@H](c2ccc(F)cc2)N(S(C)(=O)=O)[C@@H]1C(=O)c1ccccc1. The van der Waals surface area contributed by atoms with Crippen LogP contribution < -0.4 is 0 Å². The number of rotatable bonds is 6. The lowest BCUT2D eigenvalue weighted by molar-refractivity contribution is -0.138. The van der Waals surface area contributed by atoms with Gasteiger partial charge in [-0.3, -0.25) is 4.79 Å². The van der Waals surface area contributed by atoms with Gasteiger partial charge in [-0.05, 0) is 30.7 Å². The minimum Gasteiger partial charge on any atom is -0.463 e. The van der Waals surface area contributed by atoms with E-state index >= 15 is 0 Å². The Hall–Kier alpha value is -2.84. The number of hydrogen-bond donors (Lipinski definition) is 0. The largest absolute Gasteiger partial charge is 0.463 e. The molecule has 1 aliphatic rings. The summed E-state index contributed by atoms with van der Waals surface area (Å²) < 4.78 is 44.7. The highest BCUT2D eigenvalue weighted by molar-refractivity contribution is 7.88. The van der Waals surface area contributed by atoms with Crippen molar-refractivity contribution in [3.63, 3.8) is 0 Å². The molecule has 1 aliphatic heterocycles. The number of ketones is 1. The highest BCUT2D eigenvalue weighted by atomic mass is 32.2. The maximum Gasteiger partial charge on any atom is 0.335 e. The Labute approximate surface area is 168 Å². The Morgan fingerprint density at radius 3 is 2.24 bits per heavy atom. The van der Waals surface area contributed by atoms with Crippen LogP contribution in [0.25, 0.3) is 0 Å². The zero-order valence-corrected chi connectivity index (χ0v) is 16.7. The van der Waals surface area contributed by atoms with Gasteiger partial charge in [0.1, 0.15) is 11.9 Å². The van der Waals surface area contributed by atoms with E-state index in [1.165, 1.54) is 30.3 Å². The van der Waals surface area contributed by atoms with Crippen molar-refractivity contribution >= 4 is 21.8 Å². The number of carbonyl (C=O) groups excluding carboxylic acids is 2. The molecule has 0 amide bonds. The quantitative estimate of drug-likeness (QED) is 0.533. The van der Waals surface area contributed by atoms with E-state index in [1.54, 1.807) is 37.3 Å². The molecule has 2 aromatic rings. The number of hydrogen-bond acceptors (Lipinski definition) is 5. The lowest BCUT2D eigenvalue weighted by Gasteiger charge is -2.28. The fourth-order valence-corrected chi connectivity index (χ4v) is 4.53. The summed E-state index contributed by atoms with van der Waals surface area (Å²) >= 11 is 0. The third-order valence-electron chi connectivity index (χ3n) is 4.57. The van der Waals surface area contributed by atoms with Crippen LogP contribution in [0.15, 0.2) is 66.2 Å². The molecule has 0 aliphatic carbocycles. The first kappa shape index (κ1) is 20.9. The van der Waals surface area contributed by atoms with Gasteiger partial charge in [-0.2, -0.15) is 4.31 Å². The maximum atomic E-state index is 13.4. The molecule has 2 aromatic carbocycles. The van der Waals surface area contributed by atoms with Gasteiger partial charge in [0, 0.05) is 5.56 Å². The number of ether oxygens (including phenoxy) is 1.